The van der Waals surface area contributed by atoms with Crippen molar-refractivity contribution < 1.29 is 4.52 Å². The average molecular weight is 463 g/mol. The van der Waals surface area contributed by atoms with Gasteiger partial charge in [0.05, 0.1) is 6.10 Å². The summed E-state index contributed by atoms with van der Waals surface area (Å²) in [5.74, 6) is 7.96. The van der Waals surface area contributed by atoms with Crippen molar-refractivity contribution in [3.8, 4) is 0 Å². The molecule has 0 amide bonds. The van der Waals surface area contributed by atoms with Gasteiger partial charge in [0.15, 0.2) is 0 Å². The molecule has 32 heavy (non-hydrogen) atoms. The van der Waals surface area contributed by atoms with Crippen molar-refractivity contribution in [1.82, 2.24) is 0 Å². The maximum atomic E-state index is 6.28. The lowest BCUT2D eigenvalue weighted by molar-refractivity contribution is -0.159. The highest BCUT2D eigenvalue weighted by Crippen LogP contribution is 2.69. The van der Waals surface area contributed by atoms with Gasteiger partial charge in [0.25, 0.3) is 0 Å². The molecule has 0 spiro atoms. The third-order valence-corrected chi connectivity index (χ3v) is 12.7. The van der Waals surface area contributed by atoms with Crippen LogP contribution >= 0.6 is 9.47 Å². The van der Waals surface area contributed by atoms with E-state index in [1.807, 2.05) is 0 Å². The van der Waals surface area contributed by atoms with E-state index in [0.29, 0.717) is 16.9 Å². The van der Waals surface area contributed by atoms with Crippen LogP contribution in [0.1, 0.15) is 119 Å². The van der Waals surface area contributed by atoms with Crippen LogP contribution in [0.15, 0.2) is 0 Å². The number of hydrogen-bond donors (Lipinski definition) is 0. The molecule has 0 aromatic rings. The Morgan fingerprint density at radius 1 is 0.906 bits per heavy atom. The van der Waals surface area contributed by atoms with Gasteiger partial charge in [0.1, 0.15) is 0 Å². The molecule has 0 bridgehead atoms. The molecule has 2 heteroatoms. The van der Waals surface area contributed by atoms with Crippen molar-refractivity contribution in [3.05, 3.63) is 0 Å². The summed E-state index contributed by atoms with van der Waals surface area (Å²) in [5.41, 5.74) is 1.13. The van der Waals surface area contributed by atoms with E-state index in [1.165, 1.54) is 70.6 Å². The molecule has 0 aromatic heterocycles. The predicted octanol–water partition coefficient (Wildman–Crippen LogP) is 9.17. The van der Waals surface area contributed by atoms with Gasteiger partial charge < -0.3 is 4.52 Å². The van der Waals surface area contributed by atoms with Crippen molar-refractivity contribution >= 4 is 9.47 Å². The van der Waals surface area contributed by atoms with Gasteiger partial charge in [-0.15, -0.1) is 0 Å². The second kappa shape index (κ2) is 9.80. The predicted molar refractivity (Wildman–Crippen MR) is 141 cm³/mol. The molecule has 186 valence electrons. The largest absolute Gasteiger partial charge is 0.362 e. The summed E-state index contributed by atoms with van der Waals surface area (Å²) >= 11 is 0. The first-order chi connectivity index (χ1) is 15.2. The van der Waals surface area contributed by atoms with Gasteiger partial charge >= 0.3 is 0 Å². The maximum absolute atomic E-state index is 6.28. The van der Waals surface area contributed by atoms with E-state index >= 15 is 0 Å². The number of fused-ring (bicyclic) bond motifs is 5. The zero-order chi connectivity index (χ0) is 23.3. The van der Waals surface area contributed by atoms with E-state index in [0.717, 1.165) is 53.3 Å². The van der Waals surface area contributed by atoms with E-state index in [9.17, 15) is 0 Å². The fourth-order valence-electron chi connectivity index (χ4n) is 10.2. The van der Waals surface area contributed by atoms with Crippen molar-refractivity contribution in [3.63, 3.8) is 0 Å². The SMILES string of the molecule is CC[C@H](CC[C@@H](C)[C@H]1CCC2[C@@H]3C(OP)C[C@@H]4C[C@H](C)CC[C@]4(C)C3CC[C@@]21C)C(C)C. The van der Waals surface area contributed by atoms with Gasteiger partial charge in [0, 0.05) is 9.47 Å². The normalized spacial score (nSPS) is 48.1. The zero-order valence-corrected chi connectivity index (χ0v) is 23.7. The Kier molecular flexibility index (Phi) is 7.80. The summed E-state index contributed by atoms with van der Waals surface area (Å²) in [6, 6.07) is 0. The first-order valence-corrected chi connectivity index (χ1v) is 15.0. The van der Waals surface area contributed by atoms with Crippen LogP contribution in [0.25, 0.3) is 0 Å². The Morgan fingerprint density at radius 3 is 2.25 bits per heavy atom. The van der Waals surface area contributed by atoms with Gasteiger partial charge in [-0.3, -0.25) is 0 Å². The first kappa shape index (κ1) is 25.5. The quantitative estimate of drug-likeness (QED) is 0.343. The second-order valence-electron chi connectivity index (χ2n) is 14.0. The van der Waals surface area contributed by atoms with Crippen molar-refractivity contribution in [2.45, 2.75) is 125 Å². The highest BCUT2D eigenvalue weighted by Gasteiger charge is 2.63. The molecule has 0 aliphatic heterocycles. The monoisotopic (exact) mass is 462 g/mol. The van der Waals surface area contributed by atoms with Gasteiger partial charge in [-0.05, 0) is 115 Å². The van der Waals surface area contributed by atoms with Crippen LogP contribution in [0.3, 0.4) is 0 Å². The molecule has 0 heterocycles. The molecule has 4 aliphatic rings. The van der Waals surface area contributed by atoms with Crippen molar-refractivity contribution in [1.29, 1.82) is 0 Å². The van der Waals surface area contributed by atoms with Crippen LogP contribution in [0.4, 0.5) is 0 Å². The lowest BCUT2D eigenvalue weighted by Gasteiger charge is -2.63. The summed E-state index contributed by atoms with van der Waals surface area (Å²) in [6.07, 6.45) is 16.3. The van der Waals surface area contributed by atoms with Crippen LogP contribution in [0, 0.1) is 64.1 Å². The summed E-state index contributed by atoms with van der Waals surface area (Å²) < 4.78 is 6.28. The third-order valence-electron chi connectivity index (χ3n) is 12.3. The lowest BCUT2D eigenvalue weighted by Crippen LogP contribution is -2.58. The molecule has 0 aromatic carbocycles. The first-order valence-electron chi connectivity index (χ1n) is 14.5. The highest BCUT2D eigenvalue weighted by molar-refractivity contribution is 7.09. The van der Waals surface area contributed by atoms with E-state index in [4.69, 9.17) is 4.52 Å². The molecule has 4 rings (SSSR count). The summed E-state index contributed by atoms with van der Waals surface area (Å²) in [4.78, 5) is 0. The smallest absolute Gasteiger partial charge is 0.0647 e. The Labute approximate surface area is 203 Å². The Balaban J connectivity index is 1.52. The molecule has 0 radical (unpaired) electrons. The van der Waals surface area contributed by atoms with E-state index in [-0.39, 0.29) is 0 Å². The minimum absolute atomic E-state index is 0.484. The van der Waals surface area contributed by atoms with Crippen molar-refractivity contribution in [2.24, 2.45) is 64.1 Å². The fraction of sp³-hybridized carbons (Fsp3) is 1.00. The van der Waals surface area contributed by atoms with Crippen LogP contribution in [-0.4, -0.2) is 6.10 Å². The number of hydrogen-bond acceptors (Lipinski definition) is 1. The molecule has 4 unspecified atom stereocenters. The van der Waals surface area contributed by atoms with E-state index in [2.05, 4.69) is 57.9 Å². The highest BCUT2D eigenvalue weighted by atomic mass is 31.0. The summed E-state index contributed by atoms with van der Waals surface area (Å²) in [7, 11) is 2.71. The minimum Gasteiger partial charge on any atom is -0.362 e. The van der Waals surface area contributed by atoms with E-state index in [1.54, 1.807) is 0 Å². The Hall–Kier alpha value is 0.390. The molecule has 0 N–H and O–H groups in total. The van der Waals surface area contributed by atoms with Crippen LogP contribution < -0.4 is 0 Å². The molecular weight excluding hydrogens is 407 g/mol. The van der Waals surface area contributed by atoms with Crippen LogP contribution in [0.5, 0.6) is 0 Å². The van der Waals surface area contributed by atoms with Crippen LogP contribution in [-0.2, 0) is 4.52 Å². The lowest BCUT2D eigenvalue weighted by atomic mass is 9.43. The van der Waals surface area contributed by atoms with Gasteiger partial charge in [-0.1, -0.05) is 67.7 Å². The molecule has 12 atom stereocenters. The molecule has 4 saturated carbocycles. The Bertz CT molecular complexity index is 632. The topological polar surface area (TPSA) is 9.23 Å². The Morgan fingerprint density at radius 2 is 1.59 bits per heavy atom. The number of rotatable bonds is 7. The van der Waals surface area contributed by atoms with Gasteiger partial charge in [-0.2, -0.15) is 0 Å². The van der Waals surface area contributed by atoms with Crippen molar-refractivity contribution in [2.75, 3.05) is 0 Å². The molecule has 4 aliphatic carbocycles. The maximum Gasteiger partial charge on any atom is 0.0647 e. The van der Waals surface area contributed by atoms with Gasteiger partial charge in [-0.25, -0.2) is 0 Å². The van der Waals surface area contributed by atoms with Gasteiger partial charge in [0.2, 0.25) is 0 Å². The standard InChI is InChI=1S/C30H55OP/c1-8-22(19(2)3)10-9-21(5)24-11-12-25-28-26(14-16-30(24,25)7)29(6)15-13-20(4)17-23(29)18-27(28)31-32/h19-28H,8-18,32H2,1-7H3/t20-,21-,22-,23+,24-,25?,26?,27?,28+,29+,30-/m1/s1. The van der Waals surface area contributed by atoms with Crippen LogP contribution in [0.2, 0.25) is 0 Å². The molecule has 4 fully saturated rings. The minimum atomic E-state index is 0.484. The summed E-state index contributed by atoms with van der Waals surface area (Å²) in [5, 5.41) is 0. The zero-order valence-electron chi connectivity index (χ0n) is 22.5. The van der Waals surface area contributed by atoms with E-state index < -0.39 is 0 Å². The molecular formula is C30H55OP. The second-order valence-corrected chi connectivity index (χ2v) is 14.3. The summed E-state index contributed by atoms with van der Waals surface area (Å²) in [6.45, 7) is 17.8. The average Bonchev–Trinajstić information content (AvgIpc) is 3.11. The third kappa shape index (κ3) is 4.27. The fourth-order valence-corrected chi connectivity index (χ4v) is 10.5. The molecule has 1 nitrogen and oxygen atoms in total. The molecule has 0 saturated heterocycles.